The van der Waals surface area contributed by atoms with Crippen LogP contribution in [0, 0.1) is 0 Å². The highest BCUT2D eigenvalue weighted by Gasteiger charge is 1.99. The highest BCUT2D eigenvalue weighted by atomic mass is 16.6. The predicted octanol–water partition coefficient (Wildman–Crippen LogP) is -0.964. The number of ether oxygens (including phenoxy) is 8. The van der Waals surface area contributed by atoms with Crippen molar-refractivity contribution in [2.45, 2.75) is 0 Å². The summed E-state index contributed by atoms with van der Waals surface area (Å²) in [5, 5.41) is 17.1. The summed E-state index contributed by atoms with van der Waals surface area (Å²) in [7, 11) is 2.03. The van der Waals surface area contributed by atoms with Crippen molar-refractivity contribution in [2.24, 2.45) is 0 Å². The molecule has 0 aromatic heterocycles. The van der Waals surface area contributed by atoms with Gasteiger partial charge in [0.1, 0.15) is 0 Å². The molecule has 0 aliphatic rings. The molecule has 0 amide bonds. The van der Waals surface area contributed by atoms with E-state index in [1.807, 2.05) is 7.05 Å². The molecule has 0 rings (SSSR count). The van der Waals surface area contributed by atoms with Crippen LogP contribution in [0.4, 0.5) is 0 Å². The van der Waals surface area contributed by atoms with E-state index >= 15 is 0 Å². The van der Waals surface area contributed by atoms with E-state index in [-0.39, 0.29) is 13.2 Å². The van der Waals surface area contributed by atoms with Gasteiger partial charge in [-0.2, -0.15) is 0 Å². The van der Waals surface area contributed by atoms with Gasteiger partial charge in [0.05, 0.1) is 119 Å². The first kappa shape index (κ1) is 31.6. The van der Waals surface area contributed by atoms with Gasteiger partial charge < -0.3 is 53.0 Å². The quantitative estimate of drug-likeness (QED) is 0.137. The Morgan fingerprint density at radius 3 is 0.844 bits per heavy atom. The van der Waals surface area contributed by atoms with E-state index in [1.165, 1.54) is 0 Å². The molecule has 2 N–H and O–H groups in total. The maximum atomic E-state index is 8.55. The molecule has 0 atom stereocenters. The first-order chi connectivity index (χ1) is 15.8. The second-order valence-corrected chi connectivity index (χ2v) is 6.65. The molecule has 32 heavy (non-hydrogen) atoms. The highest BCUT2D eigenvalue weighted by Crippen LogP contribution is 1.88. The minimum atomic E-state index is 0.0325. The summed E-state index contributed by atoms with van der Waals surface area (Å²) in [6.07, 6.45) is 0. The van der Waals surface area contributed by atoms with Crippen LogP contribution in [-0.2, 0) is 37.9 Å². The van der Waals surface area contributed by atoms with Gasteiger partial charge in [0.2, 0.25) is 0 Å². The van der Waals surface area contributed by atoms with E-state index in [2.05, 4.69) is 4.90 Å². The molecule has 11 nitrogen and oxygen atoms in total. The second-order valence-electron chi connectivity index (χ2n) is 6.65. The van der Waals surface area contributed by atoms with Gasteiger partial charge in [-0.15, -0.1) is 0 Å². The highest BCUT2D eigenvalue weighted by molar-refractivity contribution is 4.49. The zero-order valence-electron chi connectivity index (χ0n) is 19.7. The number of likely N-dealkylation sites (N-methyl/N-ethyl adjacent to an activating group) is 1. The maximum absolute atomic E-state index is 8.55. The summed E-state index contributed by atoms with van der Waals surface area (Å²) >= 11 is 0. The fourth-order valence-corrected chi connectivity index (χ4v) is 2.21. The third-order valence-electron chi connectivity index (χ3n) is 3.94. The van der Waals surface area contributed by atoms with Crippen LogP contribution in [0.2, 0.25) is 0 Å². The Hall–Kier alpha value is -0.440. The number of hydrogen-bond acceptors (Lipinski definition) is 11. The van der Waals surface area contributed by atoms with Gasteiger partial charge in [0, 0.05) is 13.1 Å². The number of aliphatic hydroxyl groups excluding tert-OH is 2. The van der Waals surface area contributed by atoms with Crippen LogP contribution < -0.4 is 0 Å². The van der Waals surface area contributed by atoms with Crippen molar-refractivity contribution in [2.75, 3.05) is 139 Å². The van der Waals surface area contributed by atoms with Crippen molar-refractivity contribution in [3.63, 3.8) is 0 Å². The van der Waals surface area contributed by atoms with E-state index in [1.54, 1.807) is 0 Å². The van der Waals surface area contributed by atoms with Gasteiger partial charge in [0.25, 0.3) is 0 Å². The van der Waals surface area contributed by atoms with Gasteiger partial charge in [-0.1, -0.05) is 0 Å². The lowest BCUT2D eigenvalue weighted by molar-refractivity contribution is -0.0102. The van der Waals surface area contributed by atoms with Crippen molar-refractivity contribution in [3.8, 4) is 0 Å². The molecule has 0 aromatic carbocycles. The van der Waals surface area contributed by atoms with Crippen LogP contribution in [0.3, 0.4) is 0 Å². The number of aliphatic hydroxyl groups is 2. The van der Waals surface area contributed by atoms with E-state index in [4.69, 9.17) is 48.1 Å². The van der Waals surface area contributed by atoms with Crippen LogP contribution >= 0.6 is 0 Å². The van der Waals surface area contributed by atoms with Gasteiger partial charge in [0.15, 0.2) is 0 Å². The Morgan fingerprint density at radius 1 is 0.375 bits per heavy atom. The van der Waals surface area contributed by atoms with Crippen molar-refractivity contribution < 1.29 is 48.1 Å². The fraction of sp³-hybridized carbons (Fsp3) is 1.00. The number of rotatable bonds is 28. The van der Waals surface area contributed by atoms with Crippen LogP contribution in [0.25, 0.3) is 0 Å². The van der Waals surface area contributed by atoms with Crippen LogP contribution in [0.1, 0.15) is 0 Å². The predicted molar refractivity (Wildman–Crippen MR) is 118 cm³/mol. The molecule has 0 saturated carbocycles. The third-order valence-corrected chi connectivity index (χ3v) is 3.94. The topological polar surface area (TPSA) is 118 Å². The third kappa shape index (κ3) is 27.6. The van der Waals surface area contributed by atoms with Crippen molar-refractivity contribution >= 4 is 0 Å². The average Bonchev–Trinajstić information content (AvgIpc) is 2.80. The lowest BCUT2D eigenvalue weighted by Crippen LogP contribution is -2.28. The lowest BCUT2D eigenvalue weighted by atomic mass is 10.5. The zero-order chi connectivity index (χ0) is 23.4. The molecule has 0 saturated heterocycles. The summed E-state index contributed by atoms with van der Waals surface area (Å²) < 4.78 is 42.8. The van der Waals surface area contributed by atoms with E-state index < -0.39 is 0 Å². The fourth-order valence-electron chi connectivity index (χ4n) is 2.21. The van der Waals surface area contributed by atoms with E-state index in [9.17, 15) is 0 Å². The summed E-state index contributed by atoms with van der Waals surface area (Å²) in [6, 6.07) is 0. The molecule has 11 heteroatoms. The van der Waals surface area contributed by atoms with Crippen LogP contribution in [-0.4, -0.2) is 154 Å². The molecule has 0 unspecified atom stereocenters. The Morgan fingerprint density at radius 2 is 0.594 bits per heavy atom. The second kappa shape index (κ2) is 28.6. The summed E-state index contributed by atoms with van der Waals surface area (Å²) in [5.41, 5.74) is 0. The maximum Gasteiger partial charge on any atom is 0.0701 e. The largest absolute Gasteiger partial charge is 0.394 e. The molecule has 0 aromatic rings. The normalized spacial score (nSPS) is 11.6. The average molecular weight is 472 g/mol. The Kier molecular flexibility index (Phi) is 28.2. The smallest absolute Gasteiger partial charge is 0.0701 e. The molecule has 0 heterocycles. The molecule has 0 radical (unpaired) electrons. The molecule has 0 fully saturated rings. The van der Waals surface area contributed by atoms with Crippen molar-refractivity contribution in [3.05, 3.63) is 0 Å². The van der Waals surface area contributed by atoms with Gasteiger partial charge >= 0.3 is 0 Å². The van der Waals surface area contributed by atoms with E-state index in [0.717, 1.165) is 13.1 Å². The summed E-state index contributed by atoms with van der Waals surface area (Å²) in [6.45, 7) is 9.95. The molecule has 0 aliphatic carbocycles. The standard InChI is InChI=1S/C21H45NO10/c1-22(2-6-25-10-14-29-18-20-31-16-12-27-8-4-23)3-7-26-11-15-30-19-21-32-17-13-28-9-5-24/h23-24H,2-21H2,1H3. The minimum Gasteiger partial charge on any atom is -0.394 e. The number of hydrogen-bond donors (Lipinski definition) is 2. The zero-order valence-corrected chi connectivity index (χ0v) is 19.7. The molecule has 0 aliphatic heterocycles. The first-order valence-corrected chi connectivity index (χ1v) is 11.3. The number of nitrogens with zero attached hydrogens (tertiary/aromatic N) is 1. The lowest BCUT2D eigenvalue weighted by Gasteiger charge is -2.16. The SMILES string of the molecule is CN(CCOCCOCCOCCOCCO)CCOCCOCCOCCOCCO. The molecular formula is C21H45NO10. The van der Waals surface area contributed by atoms with Crippen molar-refractivity contribution in [1.82, 2.24) is 4.90 Å². The minimum absolute atomic E-state index is 0.0325. The van der Waals surface area contributed by atoms with Gasteiger partial charge in [-0.25, -0.2) is 0 Å². The van der Waals surface area contributed by atoms with Gasteiger partial charge in [-0.3, -0.25) is 0 Å². The molecule has 0 spiro atoms. The summed E-state index contributed by atoms with van der Waals surface area (Å²) in [5.74, 6) is 0. The Labute approximate surface area is 192 Å². The van der Waals surface area contributed by atoms with Gasteiger partial charge in [-0.05, 0) is 7.05 Å². The first-order valence-electron chi connectivity index (χ1n) is 11.3. The molecular weight excluding hydrogens is 426 g/mol. The van der Waals surface area contributed by atoms with Crippen LogP contribution in [0.15, 0.2) is 0 Å². The molecule has 194 valence electrons. The molecule has 0 bridgehead atoms. The monoisotopic (exact) mass is 471 g/mol. The summed E-state index contributed by atoms with van der Waals surface area (Å²) in [4.78, 5) is 2.15. The van der Waals surface area contributed by atoms with E-state index in [0.29, 0.717) is 106 Å². The van der Waals surface area contributed by atoms with Crippen molar-refractivity contribution in [1.29, 1.82) is 0 Å². The Bertz CT molecular complexity index is 312. The Balaban J connectivity index is 3.13. The van der Waals surface area contributed by atoms with Crippen LogP contribution in [0.5, 0.6) is 0 Å².